The second-order valence-electron chi connectivity index (χ2n) is 5.55. The number of nitrogens with one attached hydrogen (secondary N) is 3. The molecule has 0 radical (unpaired) electrons. The van der Waals surface area contributed by atoms with Crippen LogP contribution in [-0.4, -0.2) is 32.8 Å². The lowest BCUT2D eigenvalue weighted by Gasteiger charge is -2.17. The van der Waals surface area contributed by atoms with E-state index in [-0.39, 0.29) is 16.7 Å². The molecule has 0 saturated carbocycles. The van der Waals surface area contributed by atoms with Gasteiger partial charge >= 0.3 is 17.7 Å². The third-order valence-electron chi connectivity index (χ3n) is 3.63. The van der Waals surface area contributed by atoms with Crippen molar-refractivity contribution in [3.63, 3.8) is 0 Å². The van der Waals surface area contributed by atoms with E-state index in [0.29, 0.717) is 0 Å². The number of benzene rings is 1. The fourth-order valence-electron chi connectivity index (χ4n) is 2.17. The SMILES string of the molecule is COc1nn([C@H](C)C(=O)NNC(=S)Nc2ccccc2C(F)(F)F)cc1[N+](=O)[O-]. The van der Waals surface area contributed by atoms with Crippen molar-refractivity contribution in [1.82, 2.24) is 20.6 Å². The molecular weight excluding hydrogens is 417 g/mol. The number of anilines is 1. The lowest BCUT2D eigenvalue weighted by Crippen LogP contribution is -2.46. The number of carbonyl (C=O) groups is 1. The normalized spacial score (nSPS) is 12.0. The topological polar surface area (TPSA) is 123 Å². The summed E-state index contributed by atoms with van der Waals surface area (Å²) in [5.41, 5.74) is 2.80. The second-order valence-corrected chi connectivity index (χ2v) is 5.96. The summed E-state index contributed by atoms with van der Waals surface area (Å²) in [6, 6.07) is 3.65. The van der Waals surface area contributed by atoms with Crippen molar-refractivity contribution in [2.75, 3.05) is 12.4 Å². The van der Waals surface area contributed by atoms with Crippen LogP contribution in [0.25, 0.3) is 0 Å². The second kappa shape index (κ2) is 8.72. The van der Waals surface area contributed by atoms with Crippen LogP contribution in [0.5, 0.6) is 5.88 Å². The smallest absolute Gasteiger partial charge is 0.418 e. The highest BCUT2D eigenvalue weighted by molar-refractivity contribution is 7.80. The average molecular weight is 432 g/mol. The van der Waals surface area contributed by atoms with Crippen LogP contribution in [0.4, 0.5) is 24.5 Å². The highest BCUT2D eigenvalue weighted by Crippen LogP contribution is 2.34. The minimum atomic E-state index is -4.59. The number of aromatic nitrogens is 2. The fraction of sp³-hybridized carbons (Fsp3) is 0.267. The van der Waals surface area contributed by atoms with Crippen molar-refractivity contribution < 1.29 is 27.6 Å². The zero-order chi connectivity index (χ0) is 21.8. The van der Waals surface area contributed by atoms with Gasteiger partial charge in [0, 0.05) is 0 Å². The van der Waals surface area contributed by atoms with Crippen molar-refractivity contribution in [2.24, 2.45) is 0 Å². The van der Waals surface area contributed by atoms with Crippen LogP contribution in [0.3, 0.4) is 0 Å². The molecule has 0 saturated heterocycles. The molecule has 2 rings (SSSR count). The van der Waals surface area contributed by atoms with E-state index in [2.05, 4.69) is 21.3 Å². The Labute approximate surface area is 167 Å². The first kappa shape index (κ1) is 21.9. The van der Waals surface area contributed by atoms with E-state index in [4.69, 9.17) is 17.0 Å². The molecule has 10 nitrogen and oxygen atoms in total. The van der Waals surface area contributed by atoms with Crippen molar-refractivity contribution >= 4 is 34.6 Å². The predicted molar refractivity (Wildman–Crippen MR) is 99.1 cm³/mol. The molecule has 0 bridgehead atoms. The number of amides is 1. The van der Waals surface area contributed by atoms with Crippen LogP contribution in [0.1, 0.15) is 18.5 Å². The minimum absolute atomic E-state index is 0.274. The van der Waals surface area contributed by atoms with Crippen LogP contribution >= 0.6 is 12.2 Å². The molecule has 3 N–H and O–H groups in total. The van der Waals surface area contributed by atoms with Gasteiger partial charge in [-0.25, -0.2) is 4.68 Å². The Morgan fingerprint density at radius 1 is 1.34 bits per heavy atom. The van der Waals surface area contributed by atoms with Crippen molar-refractivity contribution in [1.29, 1.82) is 0 Å². The third-order valence-corrected chi connectivity index (χ3v) is 3.83. The lowest BCUT2D eigenvalue weighted by atomic mass is 10.2. The number of para-hydroxylation sites is 1. The summed E-state index contributed by atoms with van der Waals surface area (Å²) >= 11 is 4.88. The van der Waals surface area contributed by atoms with E-state index in [9.17, 15) is 28.1 Å². The van der Waals surface area contributed by atoms with E-state index >= 15 is 0 Å². The quantitative estimate of drug-likeness (QED) is 0.374. The van der Waals surface area contributed by atoms with Crippen LogP contribution in [0.15, 0.2) is 30.5 Å². The molecule has 0 fully saturated rings. The van der Waals surface area contributed by atoms with E-state index in [1.54, 1.807) is 0 Å². The number of nitro groups is 1. The van der Waals surface area contributed by atoms with E-state index < -0.39 is 34.3 Å². The molecule has 156 valence electrons. The Balaban J connectivity index is 2.01. The van der Waals surface area contributed by atoms with Crippen LogP contribution in [0.2, 0.25) is 0 Å². The Bertz CT molecular complexity index is 933. The fourth-order valence-corrected chi connectivity index (χ4v) is 2.33. The van der Waals surface area contributed by atoms with Gasteiger partial charge in [0.15, 0.2) is 5.11 Å². The molecule has 0 aliphatic rings. The predicted octanol–water partition coefficient (Wildman–Crippen LogP) is 2.40. The number of methoxy groups -OCH3 is 1. The molecular formula is C15H15F3N6O4S. The zero-order valence-corrected chi connectivity index (χ0v) is 15.8. The summed E-state index contributed by atoms with van der Waals surface area (Å²) in [5, 5.41) is 16.8. The first-order chi connectivity index (χ1) is 13.5. The number of alkyl halides is 3. The maximum absolute atomic E-state index is 13.0. The summed E-state index contributed by atoms with van der Waals surface area (Å²) in [4.78, 5) is 22.4. The van der Waals surface area contributed by atoms with Gasteiger partial charge in [-0.2, -0.15) is 13.2 Å². The molecule has 0 aliphatic heterocycles. The van der Waals surface area contributed by atoms with Gasteiger partial charge in [0.05, 0.1) is 23.3 Å². The van der Waals surface area contributed by atoms with Crippen LogP contribution in [0, 0.1) is 10.1 Å². The maximum atomic E-state index is 13.0. The van der Waals surface area contributed by atoms with Gasteiger partial charge in [-0.1, -0.05) is 12.1 Å². The van der Waals surface area contributed by atoms with Gasteiger partial charge in [0.25, 0.3) is 5.91 Å². The first-order valence-electron chi connectivity index (χ1n) is 7.85. The summed E-state index contributed by atoms with van der Waals surface area (Å²) in [5.74, 6) is -0.984. The van der Waals surface area contributed by atoms with Gasteiger partial charge < -0.3 is 10.1 Å². The molecule has 0 aliphatic carbocycles. The molecule has 0 unspecified atom stereocenters. The number of nitrogens with zero attached hydrogens (tertiary/aromatic N) is 3. The Kier molecular flexibility index (Phi) is 6.58. The van der Waals surface area contributed by atoms with Crippen molar-refractivity contribution in [3.05, 3.63) is 46.1 Å². The molecule has 2 aromatic rings. The van der Waals surface area contributed by atoms with Crippen LogP contribution in [-0.2, 0) is 11.0 Å². The first-order valence-corrected chi connectivity index (χ1v) is 8.26. The van der Waals surface area contributed by atoms with Gasteiger partial charge in [-0.15, -0.1) is 5.10 Å². The van der Waals surface area contributed by atoms with E-state index in [1.165, 1.54) is 32.2 Å². The highest BCUT2D eigenvalue weighted by Gasteiger charge is 2.33. The standard InChI is InChI=1S/C15H15F3N6O4S/c1-8(23-7-11(24(26)27)13(22-23)28-2)12(25)20-21-14(29)19-10-6-4-3-5-9(10)15(16,17)18/h3-8H,1-2H3,(H,20,25)(H2,19,21,29)/t8-/m1/s1. The number of hydrogen-bond acceptors (Lipinski definition) is 6. The molecule has 14 heteroatoms. The van der Waals surface area contributed by atoms with Crippen molar-refractivity contribution in [2.45, 2.75) is 19.1 Å². The number of thiocarbonyl (C=S) groups is 1. The van der Waals surface area contributed by atoms with Gasteiger partial charge in [0.2, 0.25) is 0 Å². The molecule has 29 heavy (non-hydrogen) atoms. The Morgan fingerprint density at radius 2 is 2.00 bits per heavy atom. The summed E-state index contributed by atoms with van der Waals surface area (Å²) in [7, 11) is 1.19. The summed E-state index contributed by atoms with van der Waals surface area (Å²) < 4.78 is 44.7. The minimum Gasteiger partial charge on any atom is -0.475 e. The van der Waals surface area contributed by atoms with Crippen LogP contribution < -0.4 is 20.9 Å². The van der Waals surface area contributed by atoms with Gasteiger partial charge in [0.1, 0.15) is 12.2 Å². The molecule has 1 atom stereocenters. The number of hydrogen-bond donors (Lipinski definition) is 3. The number of carbonyl (C=O) groups excluding carboxylic acids is 1. The van der Waals surface area contributed by atoms with E-state index in [1.807, 2.05) is 0 Å². The van der Waals surface area contributed by atoms with E-state index in [0.717, 1.165) is 16.9 Å². The number of halogens is 3. The number of ether oxygens (including phenoxy) is 1. The monoisotopic (exact) mass is 432 g/mol. The maximum Gasteiger partial charge on any atom is 0.418 e. The van der Waals surface area contributed by atoms with Gasteiger partial charge in [-0.3, -0.25) is 25.8 Å². The lowest BCUT2D eigenvalue weighted by molar-refractivity contribution is -0.385. The van der Waals surface area contributed by atoms with Crippen molar-refractivity contribution in [3.8, 4) is 5.88 Å². The summed E-state index contributed by atoms with van der Waals surface area (Å²) in [6.45, 7) is 1.39. The average Bonchev–Trinajstić information content (AvgIpc) is 3.09. The largest absolute Gasteiger partial charge is 0.475 e. The molecule has 1 amide bonds. The van der Waals surface area contributed by atoms with Gasteiger partial charge in [-0.05, 0) is 31.3 Å². The third kappa shape index (κ3) is 5.31. The number of rotatable bonds is 5. The number of hydrazine groups is 1. The summed E-state index contributed by atoms with van der Waals surface area (Å²) in [6.07, 6.45) is -3.58. The molecule has 1 heterocycles. The molecule has 1 aromatic heterocycles. The molecule has 0 spiro atoms. The Hall–Kier alpha value is -3.42. The zero-order valence-electron chi connectivity index (χ0n) is 15.0. The molecule has 1 aromatic carbocycles. The Morgan fingerprint density at radius 3 is 2.55 bits per heavy atom. The highest BCUT2D eigenvalue weighted by atomic mass is 32.1.